The molecule has 136 valence electrons. The number of carbonyl (C=O) groups excluding carboxylic acids is 1. The third-order valence-electron chi connectivity index (χ3n) is 2.84. The molecule has 0 aliphatic rings. The van der Waals surface area contributed by atoms with Crippen LogP contribution in [0.2, 0.25) is 0 Å². The number of nitrogens with one attached hydrogen (secondary N) is 2. The van der Waals surface area contributed by atoms with Gasteiger partial charge in [0, 0.05) is 26.3 Å². The maximum atomic E-state index is 11.6. The largest absolute Gasteiger partial charge is 0.494 e. The Kier molecular flexibility index (Phi) is 8.18. The highest BCUT2D eigenvalue weighted by Crippen LogP contribution is 2.28. The minimum atomic E-state index is -0.501. The molecule has 1 rings (SSSR count). The third-order valence-corrected chi connectivity index (χ3v) is 2.84. The van der Waals surface area contributed by atoms with Crippen molar-refractivity contribution < 1.29 is 23.7 Å². The van der Waals surface area contributed by atoms with Gasteiger partial charge < -0.3 is 29.6 Å². The molecule has 0 saturated carbocycles. The lowest BCUT2D eigenvalue weighted by Crippen LogP contribution is -2.35. The minimum absolute atomic E-state index is 0.432. The highest BCUT2D eigenvalue weighted by Gasteiger charge is 2.15. The maximum Gasteiger partial charge on any atom is 0.407 e. The zero-order valence-electron chi connectivity index (χ0n) is 15.1. The number of carbonyl (C=O) groups is 1. The van der Waals surface area contributed by atoms with Gasteiger partial charge >= 0.3 is 6.09 Å². The van der Waals surface area contributed by atoms with Crippen molar-refractivity contribution in [2.24, 2.45) is 0 Å². The van der Waals surface area contributed by atoms with Crippen molar-refractivity contribution in [1.29, 1.82) is 0 Å². The summed E-state index contributed by atoms with van der Waals surface area (Å²) in [7, 11) is 3.22. The Morgan fingerprint density at radius 2 is 1.88 bits per heavy atom. The molecule has 7 nitrogen and oxygen atoms in total. The molecule has 7 heteroatoms. The third kappa shape index (κ3) is 7.92. The molecule has 0 bridgehead atoms. The van der Waals surface area contributed by atoms with E-state index in [0.717, 1.165) is 5.69 Å². The van der Waals surface area contributed by atoms with Crippen molar-refractivity contribution in [1.82, 2.24) is 5.32 Å². The summed E-state index contributed by atoms with van der Waals surface area (Å²) in [5, 5.41) is 5.89. The Bertz CT molecular complexity index is 514. The van der Waals surface area contributed by atoms with E-state index in [1.54, 1.807) is 20.3 Å². The van der Waals surface area contributed by atoms with Gasteiger partial charge in [-0.3, -0.25) is 0 Å². The summed E-state index contributed by atoms with van der Waals surface area (Å²) >= 11 is 0. The summed E-state index contributed by atoms with van der Waals surface area (Å²) in [6, 6.07) is 5.52. The van der Waals surface area contributed by atoms with Crippen molar-refractivity contribution in [3.8, 4) is 11.5 Å². The number of rotatable bonds is 9. The second-order valence-electron chi connectivity index (χ2n) is 6.06. The lowest BCUT2D eigenvalue weighted by Gasteiger charge is -2.20. The van der Waals surface area contributed by atoms with Gasteiger partial charge in [0.2, 0.25) is 0 Å². The van der Waals surface area contributed by atoms with Crippen LogP contribution in [-0.4, -0.2) is 52.2 Å². The molecule has 1 amide bonds. The maximum absolute atomic E-state index is 11.6. The van der Waals surface area contributed by atoms with Crippen molar-refractivity contribution in [3.05, 3.63) is 18.2 Å². The molecule has 0 unspecified atom stereocenters. The predicted molar refractivity (Wildman–Crippen MR) is 93.1 cm³/mol. The van der Waals surface area contributed by atoms with E-state index < -0.39 is 11.7 Å². The predicted octanol–water partition coefficient (Wildman–Crippen LogP) is 2.66. The number of methoxy groups -OCH3 is 2. The monoisotopic (exact) mass is 340 g/mol. The fourth-order valence-electron chi connectivity index (χ4n) is 1.83. The number of alkyl carbamates (subject to hydrolysis) is 1. The van der Waals surface area contributed by atoms with Crippen LogP contribution in [0.5, 0.6) is 11.5 Å². The molecular weight excluding hydrogens is 312 g/mol. The van der Waals surface area contributed by atoms with Crippen LogP contribution in [0.3, 0.4) is 0 Å². The minimum Gasteiger partial charge on any atom is -0.494 e. The molecule has 24 heavy (non-hydrogen) atoms. The molecule has 0 heterocycles. The van der Waals surface area contributed by atoms with Gasteiger partial charge in [0.05, 0.1) is 19.4 Å². The average Bonchev–Trinajstić information content (AvgIpc) is 2.51. The SMILES string of the molecule is COCCOc1ccc(NCCNC(=O)OC(C)(C)C)c(OC)c1. The van der Waals surface area contributed by atoms with Crippen molar-refractivity contribution >= 4 is 11.8 Å². The lowest BCUT2D eigenvalue weighted by atomic mass is 10.2. The number of ether oxygens (including phenoxy) is 4. The topological polar surface area (TPSA) is 78.1 Å². The molecule has 0 saturated heterocycles. The molecule has 0 fully saturated rings. The highest BCUT2D eigenvalue weighted by atomic mass is 16.6. The van der Waals surface area contributed by atoms with Gasteiger partial charge in [-0.2, -0.15) is 0 Å². The second-order valence-corrected chi connectivity index (χ2v) is 6.06. The summed E-state index contributed by atoms with van der Waals surface area (Å²) in [6.07, 6.45) is -0.432. The Hall–Kier alpha value is -2.15. The van der Waals surface area contributed by atoms with Crippen molar-refractivity contribution in [3.63, 3.8) is 0 Å². The number of amides is 1. The van der Waals surface area contributed by atoms with E-state index in [4.69, 9.17) is 18.9 Å². The zero-order chi connectivity index (χ0) is 18.0. The zero-order valence-corrected chi connectivity index (χ0v) is 15.1. The standard InChI is InChI=1S/C17H28N2O5/c1-17(2,3)24-16(20)19-9-8-18-14-7-6-13(12-15(14)22-5)23-11-10-21-4/h6-7,12,18H,8-11H2,1-5H3,(H,19,20). The van der Waals surface area contributed by atoms with E-state index in [0.29, 0.717) is 37.8 Å². The normalized spacial score (nSPS) is 10.9. The van der Waals surface area contributed by atoms with Gasteiger partial charge in [-0.15, -0.1) is 0 Å². The molecular formula is C17H28N2O5. The van der Waals surface area contributed by atoms with Gasteiger partial charge in [-0.05, 0) is 32.9 Å². The van der Waals surface area contributed by atoms with Crippen LogP contribution in [-0.2, 0) is 9.47 Å². The molecule has 0 atom stereocenters. The van der Waals surface area contributed by atoms with Crippen LogP contribution >= 0.6 is 0 Å². The van der Waals surface area contributed by atoms with E-state index in [1.807, 2.05) is 32.9 Å². The first-order valence-electron chi connectivity index (χ1n) is 7.86. The van der Waals surface area contributed by atoms with E-state index in [2.05, 4.69) is 10.6 Å². The molecule has 0 aliphatic carbocycles. The Balaban J connectivity index is 2.43. The van der Waals surface area contributed by atoms with Crippen molar-refractivity contribution in [2.75, 3.05) is 45.8 Å². The summed E-state index contributed by atoms with van der Waals surface area (Å²) in [5.41, 5.74) is 0.321. The average molecular weight is 340 g/mol. The molecule has 1 aromatic carbocycles. The summed E-state index contributed by atoms with van der Waals surface area (Å²) in [6.45, 7) is 7.46. The van der Waals surface area contributed by atoms with E-state index >= 15 is 0 Å². The summed E-state index contributed by atoms with van der Waals surface area (Å²) < 4.78 is 21.0. The lowest BCUT2D eigenvalue weighted by molar-refractivity contribution is 0.0530. The van der Waals surface area contributed by atoms with Gasteiger partial charge in [0.25, 0.3) is 0 Å². The Morgan fingerprint density at radius 1 is 1.12 bits per heavy atom. The second kappa shape index (κ2) is 9.87. The van der Waals surface area contributed by atoms with E-state index in [-0.39, 0.29) is 0 Å². The summed E-state index contributed by atoms with van der Waals surface area (Å²) in [5.74, 6) is 1.38. The molecule has 0 radical (unpaired) electrons. The van der Waals surface area contributed by atoms with Crippen molar-refractivity contribution in [2.45, 2.75) is 26.4 Å². The molecule has 0 aromatic heterocycles. The fraction of sp³-hybridized carbons (Fsp3) is 0.588. The molecule has 0 spiro atoms. The number of anilines is 1. The quantitative estimate of drug-likeness (QED) is 0.673. The van der Waals surface area contributed by atoms with E-state index in [1.165, 1.54) is 0 Å². The number of hydrogen-bond donors (Lipinski definition) is 2. The first-order chi connectivity index (χ1) is 11.4. The fourth-order valence-corrected chi connectivity index (χ4v) is 1.83. The first-order valence-corrected chi connectivity index (χ1v) is 7.86. The van der Waals surface area contributed by atoms with Gasteiger partial charge in [-0.25, -0.2) is 4.79 Å². The Labute approximate surface area is 143 Å². The van der Waals surface area contributed by atoms with Crippen LogP contribution in [0.1, 0.15) is 20.8 Å². The number of hydrogen-bond acceptors (Lipinski definition) is 6. The van der Waals surface area contributed by atoms with Crippen LogP contribution < -0.4 is 20.1 Å². The van der Waals surface area contributed by atoms with Gasteiger partial charge in [0.1, 0.15) is 23.7 Å². The molecule has 1 aromatic rings. The smallest absolute Gasteiger partial charge is 0.407 e. The van der Waals surface area contributed by atoms with Crippen LogP contribution in [0.15, 0.2) is 18.2 Å². The van der Waals surface area contributed by atoms with E-state index in [9.17, 15) is 4.79 Å². The van der Waals surface area contributed by atoms with Gasteiger partial charge in [0.15, 0.2) is 0 Å². The van der Waals surface area contributed by atoms with Gasteiger partial charge in [-0.1, -0.05) is 0 Å². The van der Waals surface area contributed by atoms with Crippen LogP contribution in [0.4, 0.5) is 10.5 Å². The summed E-state index contributed by atoms with van der Waals surface area (Å²) in [4.78, 5) is 11.6. The highest BCUT2D eigenvalue weighted by molar-refractivity contribution is 5.67. The van der Waals surface area contributed by atoms with Crippen LogP contribution in [0.25, 0.3) is 0 Å². The van der Waals surface area contributed by atoms with Crippen LogP contribution in [0, 0.1) is 0 Å². The Morgan fingerprint density at radius 3 is 2.50 bits per heavy atom. The molecule has 2 N–H and O–H groups in total. The number of benzene rings is 1. The first kappa shape index (κ1) is 19.9. The molecule has 0 aliphatic heterocycles.